The van der Waals surface area contributed by atoms with E-state index in [-0.39, 0.29) is 7.43 Å². The maximum Gasteiger partial charge on any atom is 0.104 e. The summed E-state index contributed by atoms with van der Waals surface area (Å²) < 4.78 is 10.7. The largest absolute Gasteiger partial charge is 0.378 e. The molecule has 1 rings (SSSR count). The minimum atomic E-state index is 0. The Kier molecular flexibility index (Phi) is 8.20. The van der Waals surface area contributed by atoms with Gasteiger partial charge in [-0.2, -0.15) is 0 Å². The van der Waals surface area contributed by atoms with Crippen LogP contribution in [0.1, 0.15) is 47.0 Å². The van der Waals surface area contributed by atoms with Crippen molar-refractivity contribution >= 4 is 0 Å². The Morgan fingerprint density at radius 1 is 1.43 bits per heavy atom. The van der Waals surface area contributed by atoms with E-state index in [1.807, 2.05) is 0 Å². The summed E-state index contributed by atoms with van der Waals surface area (Å²) in [5, 5.41) is 0. The highest BCUT2D eigenvalue weighted by Gasteiger charge is 2.22. The van der Waals surface area contributed by atoms with E-state index in [1.54, 1.807) is 0 Å². The van der Waals surface area contributed by atoms with Crippen LogP contribution in [-0.2, 0) is 9.47 Å². The van der Waals surface area contributed by atoms with Gasteiger partial charge in [0.15, 0.2) is 0 Å². The molecular weight excluding hydrogens is 176 g/mol. The Bertz CT molecular complexity index is 121. The molecule has 0 aliphatic carbocycles. The molecule has 0 saturated carbocycles. The van der Waals surface area contributed by atoms with Crippen molar-refractivity contribution in [2.24, 2.45) is 5.92 Å². The Morgan fingerprint density at radius 3 is 2.64 bits per heavy atom. The van der Waals surface area contributed by atoms with Crippen molar-refractivity contribution < 1.29 is 9.47 Å². The van der Waals surface area contributed by atoms with E-state index < -0.39 is 0 Å². The van der Waals surface area contributed by atoms with Crippen LogP contribution in [0.3, 0.4) is 0 Å². The Labute approximate surface area is 89.0 Å². The van der Waals surface area contributed by atoms with E-state index in [2.05, 4.69) is 13.8 Å². The predicted octanol–water partition coefficient (Wildman–Crippen LogP) is 3.25. The molecule has 14 heavy (non-hydrogen) atoms. The van der Waals surface area contributed by atoms with Gasteiger partial charge in [0.1, 0.15) is 6.10 Å². The molecule has 0 N–H and O–H groups in total. The highest BCUT2D eigenvalue weighted by Crippen LogP contribution is 2.14. The summed E-state index contributed by atoms with van der Waals surface area (Å²) in [6, 6.07) is 0. The first-order valence-corrected chi connectivity index (χ1v) is 5.56. The Hall–Kier alpha value is -0.0800. The van der Waals surface area contributed by atoms with E-state index in [0.717, 1.165) is 25.7 Å². The van der Waals surface area contributed by atoms with Crippen LogP contribution in [0.25, 0.3) is 0 Å². The van der Waals surface area contributed by atoms with Crippen LogP contribution in [0, 0.1) is 5.92 Å². The zero-order chi connectivity index (χ0) is 9.52. The summed E-state index contributed by atoms with van der Waals surface area (Å²) >= 11 is 0. The lowest BCUT2D eigenvalue weighted by molar-refractivity contribution is 0.0813. The molecule has 1 aliphatic heterocycles. The lowest BCUT2D eigenvalue weighted by Gasteiger charge is -2.13. The van der Waals surface area contributed by atoms with Gasteiger partial charge < -0.3 is 9.47 Å². The highest BCUT2D eigenvalue weighted by atomic mass is 16.6. The number of ether oxygens (including phenoxy) is 2. The molecule has 2 nitrogen and oxygen atoms in total. The van der Waals surface area contributed by atoms with Gasteiger partial charge in [-0.3, -0.25) is 0 Å². The van der Waals surface area contributed by atoms with Crippen LogP contribution in [-0.4, -0.2) is 25.9 Å². The van der Waals surface area contributed by atoms with Crippen molar-refractivity contribution in [3.63, 3.8) is 0 Å². The molecule has 2 heteroatoms. The maximum absolute atomic E-state index is 5.58. The third-order valence-electron chi connectivity index (χ3n) is 2.60. The fourth-order valence-electron chi connectivity index (χ4n) is 1.43. The second kappa shape index (κ2) is 8.25. The van der Waals surface area contributed by atoms with E-state index in [9.17, 15) is 0 Å². The Balaban J connectivity index is 0.00000169. The molecule has 2 unspecified atom stereocenters. The van der Waals surface area contributed by atoms with Crippen LogP contribution in [0.5, 0.6) is 0 Å². The fourth-order valence-corrected chi connectivity index (χ4v) is 1.43. The molecule has 1 heterocycles. The van der Waals surface area contributed by atoms with Crippen LogP contribution < -0.4 is 0 Å². The first-order chi connectivity index (χ1) is 6.36. The smallest absolute Gasteiger partial charge is 0.104 e. The van der Waals surface area contributed by atoms with Crippen molar-refractivity contribution in [1.29, 1.82) is 0 Å². The number of unbranched alkanes of at least 4 members (excludes halogenated alkanes) is 1. The second-order valence-electron chi connectivity index (χ2n) is 3.91. The molecule has 0 radical (unpaired) electrons. The SMILES string of the molecule is C.CCCCC(CC)COCC1CO1. The monoisotopic (exact) mass is 202 g/mol. The summed E-state index contributed by atoms with van der Waals surface area (Å²) in [7, 11) is 0. The van der Waals surface area contributed by atoms with Crippen LogP contribution in [0.4, 0.5) is 0 Å². The van der Waals surface area contributed by atoms with Crippen LogP contribution in [0.15, 0.2) is 0 Å². The lowest BCUT2D eigenvalue weighted by Crippen LogP contribution is -2.11. The van der Waals surface area contributed by atoms with Gasteiger partial charge in [0.05, 0.1) is 13.2 Å². The van der Waals surface area contributed by atoms with Crippen LogP contribution in [0.2, 0.25) is 0 Å². The molecule has 0 aromatic rings. The van der Waals surface area contributed by atoms with Crippen LogP contribution >= 0.6 is 0 Å². The predicted molar refractivity (Wildman–Crippen MR) is 60.6 cm³/mol. The minimum Gasteiger partial charge on any atom is -0.378 e. The zero-order valence-electron chi connectivity index (χ0n) is 8.92. The van der Waals surface area contributed by atoms with Gasteiger partial charge in [-0.1, -0.05) is 40.5 Å². The molecule has 2 atom stereocenters. The molecular formula is C12H26O2. The summed E-state index contributed by atoms with van der Waals surface area (Å²) in [5.74, 6) is 0.763. The van der Waals surface area contributed by atoms with Gasteiger partial charge in [0.25, 0.3) is 0 Å². The molecule has 1 aliphatic rings. The summed E-state index contributed by atoms with van der Waals surface area (Å²) in [4.78, 5) is 0. The molecule has 1 saturated heterocycles. The first kappa shape index (κ1) is 13.9. The molecule has 0 aromatic carbocycles. The molecule has 1 fully saturated rings. The van der Waals surface area contributed by atoms with Gasteiger partial charge in [-0.15, -0.1) is 0 Å². The van der Waals surface area contributed by atoms with E-state index in [1.165, 1.54) is 25.7 Å². The van der Waals surface area contributed by atoms with Gasteiger partial charge in [-0.05, 0) is 12.3 Å². The summed E-state index contributed by atoms with van der Waals surface area (Å²) in [5.41, 5.74) is 0. The standard InChI is InChI=1S/C11H22O2.CH4/c1-3-5-6-10(4-2)7-12-8-11-9-13-11;/h10-11H,3-9H2,1-2H3;1H4. The van der Waals surface area contributed by atoms with Gasteiger partial charge in [0, 0.05) is 6.61 Å². The van der Waals surface area contributed by atoms with Crippen molar-refractivity contribution in [3.8, 4) is 0 Å². The van der Waals surface area contributed by atoms with E-state index >= 15 is 0 Å². The van der Waals surface area contributed by atoms with Gasteiger partial charge in [-0.25, -0.2) is 0 Å². The van der Waals surface area contributed by atoms with Crippen molar-refractivity contribution in [1.82, 2.24) is 0 Å². The quantitative estimate of drug-likeness (QED) is 0.564. The van der Waals surface area contributed by atoms with Crippen molar-refractivity contribution in [3.05, 3.63) is 0 Å². The summed E-state index contributed by atoms with van der Waals surface area (Å²) in [6.45, 7) is 7.13. The third-order valence-corrected chi connectivity index (χ3v) is 2.60. The van der Waals surface area contributed by atoms with E-state index in [4.69, 9.17) is 9.47 Å². The molecule has 0 spiro atoms. The minimum absolute atomic E-state index is 0. The number of hydrogen-bond donors (Lipinski definition) is 0. The average Bonchev–Trinajstić information content (AvgIpc) is 2.94. The normalized spacial score (nSPS) is 21.4. The van der Waals surface area contributed by atoms with Crippen molar-refractivity contribution in [2.75, 3.05) is 19.8 Å². The van der Waals surface area contributed by atoms with Gasteiger partial charge >= 0.3 is 0 Å². The third kappa shape index (κ3) is 6.39. The average molecular weight is 202 g/mol. The molecule has 0 amide bonds. The second-order valence-corrected chi connectivity index (χ2v) is 3.91. The molecule has 0 bridgehead atoms. The van der Waals surface area contributed by atoms with E-state index in [0.29, 0.717) is 6.10 Å². The number of epoxide rings is 1. The number of hydrogen-bond acceptors (Lipinski definition) is 2. The number of rotatable bonds is 8. The van der Waals surface area contributed by atoms with Gasteiger partial charge in [0.2, 0.25) is 0 Å². The fraction of sp³-hybridized carbons (Fsp3) is 1.00. The van der Waals surface area contributed by atoms with Crippen molar-refractivity contribution in [2.45, 2.75) is 53.1 Å². The summed E-state index contributed by atoms with van der Waals surface area (Å²) in [6.07, 6.45) is 5.61. The molecule has 0 aromatic heterocycles. The first-order valence-electron chi connectivity index (χ1n) is 5.56. The zero-order valence-corrected chi connectivity index (χ0v) is 8.92. The highest BCUT2D eigenvalue weighted by molar-refractivity contribution is 4.67. The maximum atomic E-state index is 5.58. The molecule has 86 valence electrons. The topological polar surface area (TPSA) is 21.8 Å². The lowest BCUT2D eigenvalue weighted by atomic mass is 10.0. The Morgan fingerprint density at radius 2 is 2.14 bits per heavy atom.